The number of aryl methyl sites for hydroxylation is 4. The number of benzene rings is 5. The van der Waals surface area contributed by atoms with Gasteiger partial charge in [0, 0.05) is 10.8 Å². The van der Waals surface area contributed by atoms with Crippen molar-refractivity contribution >= 4 is 32.7 Å². The summed E-state index contributed by atoms with van der Waals surface area (Å²) in [5.74, 6) is 0. The number of fused-ring (bicyclic) bond motifs is 8. The average Bonchev–Trinajstić information content (AvgIpc) is 3.20. The summed E-state index contributed by atoms with van der Waals surface area (Å²) in [6, 6.07) is 31.2. The Balaban J connectivity index is 1.38. The molecule has 1 aliphatic carbocycles. The van der Waals surface area contributed by atoms with Crippen molar-refractivity contribution in [3.05, 3.63) is 107 Å². The van der Waals surface area contributed by atoms with Crippen LogP contribution in [0.15, 0.2) is 89.3 Å². The van der Waals surface area contributed by atoms with Gasteiger partial charge in [0.2, 0.25) is 0 Å². The van der Waals surface area contributed by atoms with Crippen LogP contribution in [0.4, 0.5) is 0 Å². The minimum Gasteiger partial charge on any atom is -0.456 e. The van der Waals surface area contributed by atoms with Gasteiger partial charge in [-0.05, 0) is 94.6 Å². The number of hydrogen-bond donors (Lipinski definition) is 0. The first-order valence-corrected chi connectivity index (χ1v) is 11.7. The second kappa shape index (κ2) is 6.83. The van der Waals surface area contributed by atoms with Crippen molar-refractivity contribution in [1.82, 2.24) is 0 Å². The Morgan fingerprint density at radius 1 is 0.606 bits per heavy atom. The average molecular weight is 425 g/mol. The standard InChI is InChI=1S/C32H24O/c1-19-7-8-21-9-13-25-24-12-10-23(17-22(24)11-14-26(25)29(21)15-19)28-18-32-30(16-20(28)2)27-5-3-4-6-31(27)33-32/h3-10,12-13,15-18H,11,14H2,1-2H3. The van der Waals surface area contributed by atoms with Gasteiger partial charge in [-0.1, -0.05) is 72.3 Å². The molecule has 1 aliphatic rings. The third-order valence-corrected chi connectivity index (χ3v) is 7.36. The van der Waals surface area contributed by atoms with Crippen molar-refractivity contribution < 1.29 is 4.42 Å². The topological polar surface area (TPSA) is 13.1 Å². The fourth-order valence-electron chi connectivity index (χ4n) is 5.70. The van der Waals surface area contributed by atoms with Crippen LogP contribution < -0.4 is 0 Å². The molecule has 0 atom stereocenters. The minimum absolute atomic E-state index is 0.952. The maximum atomic E-state index is 6.18. The number of furan rings is 1. The predicted molar refractivity (Wildman–Crippen MR) is 139 cm³/mol. The lowest BCUT2D eigenvalue weighted by Gasteiger charge is -2.23. The maximum Gasteiger partial charge on any atom is 0.136 e. The molecule has 7 rings (SSSR count). The van der Waals surface area contributed by atoms with Gasteiger partial charge in [-0.3, -0.25) is 0 Å². The third-order valence-electron chi connectivity index (χ3n) is 7.36. The van der Waals surface area contributed by atoms with Gasteiger partial charge in [-0.25, -0.2) is 0 Å². The number of hydrogen-bond acceptors (Lipinski definition) is 1. The predicted octanol–water partition coefficient (Wildman–Crippen LogP) is 8.79. The van der Waals surface area contributed by atoms with Crippen LogP contribution in [0.1, 0.15) is 22.3 Å². The molecule has 6 aromatic rings. The van der Waals surface area contributed by atoms with Crippen LogP contribution in [0, 0.1) is 13.8 Å². The summed E-state index contributed by atoms with van der Waals surface area (Å²) in [6.07, 6.45) is 2.17. The van der Waals surface area contributed by atoms with Crippen molar-refractivity contribution in [2.24, 2.45) is 0 Å². The zero-order valence-corrected chi connectivity index (χ0v) is 18.9. The summed E-state index contributed by atoms with van der Waals surface area (Å²) < 4.78 is 6.18. The lowest BCUT2D eigenvalue weighted by Crippen LogP contribution is -2.05. The summed E-state index contributed by atoms with van der Waals surface area (Å²) in [5, 5.41) is 5.13. The molecular weight excluding hydrogens is 400 g/mol. The van der Waals surface area contributed by atoms with E-state index in [0.717, 1.165) is 24.0 Å². The third kappa shape index (κ3) is 2.79. The summed E-state index contributed by atoms with van der Waals surface area (Å²) in [5.41, 5.74) is 12.8. The van der Waals surface area contributed by atoms with Gasteiger partial charge in [0.25, 0.3) is 0 Å². The highest BCUT2D eigenvalue weighted by atomic mass is 16.3. The highest BCUT2D eigenvalue weighted by Gasteiger charge is 2.19. The smallest absolute Gasteiger partial charge is 0.136 e. The van der Waals surface area contributed by atoms with Crippen LogP contribution in [0.3, 0.4) is 0 Å². The van der Waals surface area contributed by atoms with Crippen LogP contribution in [0.25, 0.3) is 55.0 Å². The van der Waals surface area contributed by atoms with Crippen LogP contribution in [0.2, 0.25) is 0 Å². The van der Waals surface area contributed by atoms with E-state index in [4.69, 9.17) is 4.42 Å². The Hall–Kier alpha value is -3.84. The Morgan fingerprint density at radius 3 is 2.39 bits per heavy atom. The largest absolute Gasteiger partial charge is 0.456 e. The molecule has 1 nitrogen and oxygen atoms in total. The molecule has 0 aliphatic heterocycles. The molecule has 1 heterocycles. The molecule has 33 heavy (non-hydrogen) atoms. The van der Waals surface area contributed by atoms with Gasteiger partial charge in [0.05, 0.1) is 0 Å². The summed E-state index contributed by atoms with van der Waals surface area (Å²) in [4.78, 5) is 0. The summed E-state index contributed by atoms with van der Waals surface area (Å²) in [7, 11) is 0. The molecule has 5 aromatic carbocycles. The van der Waals surface area contributed by atoms with Gasteiger partial charge in [0.1, 0.15) is 11.2 Å². The number of para-hydroxylation sites is 1. The molecule has 0 bridgehead atoms. The van der Waals surface area contributed by atoms with Gasteiger partial charge in [-0.15, -0.1) is 0 Å². The summed E-state index contributed by atoms with van der Waals surface area (Å²) in [6.45, 7) is 4.39. The Morgan fingerprint density at radius 2 is 1.45 bits per heavy atom. The quantitative estimate of drug-likeness (QED) is 0.257. The molecular formula is C32H24O. The molecule has 1 heteroatoms. The Bertz CT molecular complexity index is 1730. The van der Waals surface area contributed by atoms with Crippen molar-refractivity contribution in [1.29, 1.82) is 0 Å². The molecule has 0 N–H and O–H groups in total. The molecule has 0 saturated heterocycles. The highest BCUT2D eigenvalue weighted by Crippen LogP contribution is 2.41. The van der Waals surface area contributed by atoms with E-state index >= 15 is 0 Å². The van der Waals surface area contributed by atoms with Gasteiger partial charge in [-0.2, -0.15) is 0 Å². The summed E-state index contributed by atoms with van der Waals surface area (Å²) >= 11 is 0. The Labute approximate surface area is 193 Å². The zero-order chi connectivity index (χ0) is 22.1. The van der Waals surface area contributed by atoms with Crippen LogP contribution in [-0.2, 0) is 12.8 Å². The van der Waals surface area contributed by atoms with E-state index in [-0.39, 0.29) is 0 Å². The molecule has 0 fully saturated rings. The van der Waals surface area contributed by atoms with E-state index < -0.39 is 0 Å². The van der Waals surface area contributed by atoms with Crippen LogP contribution >= 0.6 is 0 Å². The molecule has 0 saturated carbocycles. The van der Waals surface area contributed by atoms with E-state index in [1.54, 1.807) is 0 Å². The van der Waals surface area contributed by atoms with E-state index in [1.165, 1.54) is 66.1 Å². The van der Waals surface area contributed by atoms with Crippen molar-refractivity contribution in [3.63, 3.8) is 0 Å². The first-order valence-electron chi connectivity index (χ1n) is 11.7. The lowest BCUT2D eigenvalue weighted by atomic mass is 9.81. The van der Waals surface area contributed by atoms with Gasteiger partial charge >= 0.3 is 0 Å². The van der Waals surface area contributed by atoms with Crippen molar-refractivity contribution in [3.8, 4) is 22.3 Å². The fourth-order valence-corrected chi connectivity index (χ4v) is 5.70. The van der Waals surface area contributed by atoms with E-state index in [2.05, 4.69) is 86.6 Å². The molecule has 158 valence electrons. The minimum atomic E-state index is 0.952. The van der Waals surface area contributed by atoms with E-state index in [9.17, 15) is 0 Å². The van der Waals surface area contributed by atoms with Crippen molar-refractivity contribution in [2.75, 3.05) is 0 Å². The molecule has 0 spiro atoms. The van der Waals surface area contributed by atoms with E-state index in [1.807, 2.05) is 12.1 Å². The van der Waals surface area contributed by atoms with Crippen LogP contribution in [0.5, 0.6) is 0 Å². The molecule has 0 amide bonds. The maximum absolute atomic E-state index is 6.18. The SMILES string of the molecule is Cc1ccc2ccc3c(c2c1)CCc1cc(-c2cc4oc5ccccc5c4cc2C)ccc1-3. The monoisotopic (exact) mass is 424 g/mol. The zero-order valence-electron chi connectivity index (χ0n) is 18.9. The molecule has 0 radical (unpaired) electrons. The van der Waals surface area contributed by atoms with Gasteiger partial charge < -0.3 is 4.42 Å². The van der Waals surface area contributed by atoms with Gasteiger partial charge in [0.15, 0.2) is 0 Å². The molecule has 1 aromatic heterocycles. The lowest BCUT2D eigenvalue weighted by molar-refractivity contribution is 0.669. The van der Waals surface area contributed by atoms with Crippen LogP contribution in [-0.4, -0.2) is 0 Å². The van der Waals surface area contributed by atoms with Crippen molar-refractivity contribution in [2.45, 2.75) is 26.7 Å². The second-order valence-corrected chi connectivity index (χ2v) is 9.45. The Kier molecular flexibility index (Phi) is 3.87. The second-order valence-electron chi connectivity index (χ2n) is 9.45. The fraction of sp³-hybridized carbons (Fsp3) is 0.125. The normalized spacial score (nSPS) is 12.9. The molecule has 0 unspecified atom stereocenters. The highest BCUT2D eigenvalue weighted by molar-refractivity contribution is 6.06. The first-order chi connectivity index (χ1) is 16.2. The number of rotatable bonds is 1. The first kappa shape index (κ1) is 18.7. The van der Waals surface area contributed by atoms with E-state index in [0.29, 0.717) is 0 Å².